The van der Waals surface area contributed by atoms with Crippen LogP contribution in [-0.2, 0) is 12.8 Å². The fourth-order valence-electron chi connectivity index (χ4n) is 5.25. The predicted octanol–water partition coefficient (Wildman–Crippen LogP) is 10.2. The minimum Gasteiger partial charge on any atom is -0.0628 e. The predicted molar refractivity (Wildman–Crippen MR) is 154 cm³/mol. The Kier molecular flexibility index (Phi) is 8.24. The molecule has 0 spiro atoms. The van der Waals surface area contributed by atoms with E-state index < -0.39 is 0 Å². The molecule has 0 saturated carbocycles. The summed E-state index contributed by atoms with van der Waals surface area (Å²) >= 11 is 0. The molecule has 4 aromatic carbocycles. The maximum Gasteiger partial charge on any atom is -0.00642 e. The molecular formula is C35H40. The first-order chi connectivity index (χ1) is 17.0. The molecule has 0 aliphatic rings. The Bertz CT molecular complexity index is 1220. The van der Waals surface area contributed by atoms with Crippen molar-refractivity contribution in [3.63, 3.8) is 0 Å². The molecule has 0 unspecified atom stereocenters. The lowest BCUT2D eigenvalue weighted by molar-refractivity contribution is 0.582. The molecule has 0 saturated heterocycles. The van der Waals surface area contributed by atoms with Crippen molar-refractivity contribution in [3.05, 3.63) is 108 Å². The lowest BCUT2D eigenvalue weighted by atomic mass is 9.76. The van der Waals surface area contributed by atoms with E-state index in [4.69, 9.17) is 0 Å². The molecule has 4 rings (SSSR count). The van der Waals surface area contributed by atoms with Crippen LogP contribution in [0.15, 0.2) is 91.0 Å². The average molecular weight is 461 g/mol. The van der Waals surface area contributed by atoms with E-state index in [-0.39, 0.29) is 0 Å². The van der Waals surface area contributed by atoms with Crippen LogP contribution in [0.5, 0.6) is 0 Å². The summed E-state index contributed by atoms with van der Waals surface area (Å²) < 4.78 is 0. The SMILES string of the molecule is Cc1c(CCC(C)C)c(-c2ccccc2)c(CCC(C)C)c(-c2ccccc2)c1-c1ccccc1. The molecule has 0 atom stereocenters. The van der Waals surface area contributed by atoms with Crippen LogP contribution in [0.1, 0.15) is 57.2 Å². The van der Waals surface area contributed by atoms with E-state index in [9.17, 15) is 0 Å². The van der Waals surface area contributed by atoms with Gasteiger partial charge in [-0.15, -0.1) is 0 Å². The topological polar surface area (TPSA) is 0 Å². The first-order valence-electron chi connectivity index (χ1n) is 13.3. The van der Waals surface area contributed by atoms with Crippen molar-refractivity contribution < 1.29 is 0 Å². The third-order valence-corrected chi connectivity index (χ3v) is 7.11. The molecule has 35 heavy (non-hydrogen) atoms. The molecule has 0 amide bonds. The number of hydrogen-bond donors (Lipinski definition) is 0. The lowest BCUT2D eigenvalue weighted by Crippen LogP contribution is -2.08. The average Bonchev–Trinajstić information content (AvgIpc) is 2.87. The smallest absolute Gasteiger partial charge is 0.00642 e. The Morgan fingerprint density at radius 2 is 0.829 bits per heavy atom. The van der Waals surface area contributed by atoms with Crippen molar-refractivity contribution in [2.75, 3.05) is 0 Å². The van der Waals surface area contributed by atoms with Gasteiger partial charge in [0.15, 0.2) is 0 Å². The Morgan fingerprint density at radius 3 is 1.26 bits per heavy atom. The van der Waals surface area contributed by atoms with Gasteiger partial charge in [-0.2, -0.15) is 0 Å². The van der Waals surface area contributed by atoms with Gasteiger partial charge in [-0.3, -0.25) is 0 Å². The van der Waals surface area contributed by atoms with E-state index in [0.717, 1.165) is 12.8 Å². The fourth-order valence-corrected chi connectivity index (χ4v) is 5.25. The number of rotatable bonds is 9. The van der Waals surface area contributed by atoms with E-state index in [2.05, 4.69) is 126 Å². The third kappa shape index (κ3) is 5.76. The molecule has 0 heteroatoms. The summed E-state index contributed by atoms with van der Waals surface area (Å²) in [5, 5.41) is 0. The standard InChI is InChI=1S/C35H40/c1-25(2)21-23-31-27(5)33(28-15-9-6-10-16-28)35(30-19-13-8-14-20-30)32(24-22-26(3)4)34(31)29-17-11-7-12-18-29/h6-20,25-26H,21-24H2,1-5H3. The van der Waals surface area contributed by atoms with Crippen LogP contribution in [0.25, 0.3) is 33.4 Å². The van der Waals surface area contributed by atoms with Crippen LogP contribution in [0.3, 0.4) is 0 Å². The van der Waals surface area contributed by atoms with Crippen LogP contribution < -0.4 is 0 Å². The van der Waals surface area contributed by atoms with Gasteiger partial charge in [0.2, 0.25) is 0 Å². The zero-order valence-electron chi connectivity index (χ0n) is 22.1. The molecule has 0 radical (unpaired) electrons. The summed E-state index contributed by atoms with van der Waals surface area (Å²) in [6.07, 6.45) is 4.57. The number of benzene rings is 4. The van der Waals surface area contributed by atoms with E-state index in [1.807, 2.05) is 0 Å². The van der Waals surface area contributed by atoms with Crippen LogP contribution in [0.4, 0.5) is 0 Å². The van der Waals surface area contributed by atoms with Crippen molar-refractivity contribution in [2.45, 2.75) is 60.3 Å². The van der Waals surface area contributed by atoms with E-state index >= 15 is 0 Å². The van der Waals surface area contributed by atoms with Gasteiger partial charge in [0.05, 0.1) is 0 Å². The Balaban J connectivity index is 2.14. The maximum atomic E-state index is 2.36. The molecule has 0 nitrogen and oxygen atoms in total. The zero-order valence-corrected chi connectivity index (χ0v) is 22.1. The summed E-state index contributed by atoms with van der Waals surface area (Å²) in [5.41, 5.74) is 12.8. The van der Waals surface area contributed by atoms with Gasteiger partial charge in [-0.05, 0) is 94.5 Å². The summed E-state index contributed by atoms with van der Waals surface area (Å²) in [5.74, 6) is 1.33. The van der Waals surface area contributed by atoms with E-state index in [1.54, 1.807) is 0 Å². The first-order valence-corrected chi connectivity index (χ1v) is 13.3. The molecule has 4 aromatic rings. The zero-order chi connectivity index (χ0) is 24.8. The summed E-state index contributed by atoms with van der Waals surface area (Å²) in [4.78, 5) is 0. The van der Waals surface area contributed by atoms with Crippen LogP contribution in [0.2, 0.25) is 0 Å². The van der Waals surface area contributed by atoms with Crippen molar-refractivity contribution in [2.24, 2.45) is 11.8 Å². The monoisotopic (exact) mass is 460 g/mol. The first kappa shape index (κ1) is 25.0. The van der Waals surface area contributed by atoms with Gasteiger partial charge in [0.25, 0.3) is 0 Å². The molecule has 0 aliphatic heterocycles. The van der Waals surface area contributed by atoms with Crippen molar-refractivity contribution >= 4 is 0 Å². The molecular weight excluding hydrogens is 420 g/mol. The Hall–Kier alpha value is -3.12. The minimum absolute atomic E-state index is 0.655. The molecule has 0 heterocycles. The van der Waals surface area contributed by atoms with Crippen molar-refractivity contribution in [3.8, 4) is 33.4 Å². The van der Waals surface area contributed by atoms with Crippen LogP contribution in [0, 0.1) is 18.8 Å². The van der Waals surface area contributed by atoms with Gasteiger partial charge in [-0.1, -0.05) is 119 Å². The third-order valence-electron chi connectivity index (χ3n) is 7.11. The van der Waals surface area contributed by atoms with Gasteiger partial charge in [0, 0.05) is 0 Å². The lowest BCUT2D eigenvalue weighted by Gasteiger charge is -2.27. The highest BCUT2D eigenvalue weighted by atomic mass is 14.3. The number of hydrogen-bond acceptors (Lipinski definition) is 0. The summed E-state index contributed by atoms with van der Waals surface area (Å²) in [6, 6.07) is 33.3. The molecule has 0 N–H and O–H groups in total. The molecule has 0 aromatic heterocycles. The molecule has 0 fully saturated rings. The highest BCUT2D eigenvalue weighted by molar-refractivity contribution is 5.94. The second-order valence-corrected chi connectivity index (χ2v) is 10.7. The van der Waals surface area contributed by atoms with E-state index in [1.165, 1.54) is 62.9 Å². The molecule has 180 valence electrons. The minimum atomic E-state index is 0.655. The van der Waals surface area contributed by atoms with E-state index in [0.29, 0.717) is 11.8 Å². The highest BCUT2D eigenvalue weighted by Gasteiger charge is 2.24. The largest absolute Gasteiger partial charge is 0.0628 e. The second-order valence-electron chi connectivity index (χ2n) is 10.7. The van der Waals surface area contributed by atoms with Gasteiger partial charge >= 0.3 is 0 Å². The van der Waals surface area contributed by atoms with Gasteiger partial charge < -0.3 is 0 Å². The summed E-state index contributed by atoms with van der Waals surface area (Å²) in [7, 11) is 0. The van der Waals surface area contributed by atoms with Crippen molar-refractivity contribution in [1.82, 2.24) is 0 Å². The van der Waals surface area contributed by atoms with Crippen LogP contribution >= 0.6 is 0 Å². The molecule has 0 aliphatic carbocycles. The van der Waals surface area contributed by atoms with Crippen molar-refractivity contribution in [1.29, 1.82) is 0 Å². The fraction of sp³-hybridized carbons (Fsp3) is 0.314. The second kappa shape index (κ2) is 11.5. The Labute approximate surface area is 213 Å². The molecule has 0 bridgehead atoms. The van der Waals surface area contributed by atoms with Crippen LogP contribution in [-0.4, -0.2) is 0 Å². The summed E-state index contributed by atoms with van der Waals surface area (Å²) in [6.45, 7) is 11.7. The Morgan fingerprint density at radius 1 is 0.457 bits per heavy atom. The quantitative estimate of drug-likeness (QED) is 0.233. The maximum absolute atomic E-state index is 2.36. The highest BCUT2D eigenvalue weighted by Crippen LogP contribution is 2.46. The van der Waals surface area contributed by atoms with Gasteiger partial charge in [0.1, 0.15) is 0 Å². The normalized spacial score (nSPS) is 11.4. The van der Waals surface area contributed by atoms with Gasteiger partial charge in [-0.25, -0.2) is 0 Å².